The molecule has 7 heteroatoms. The van der Waals surface area contributed by atoms with Gasteiger partial charge in [-0.3, -0.25) is 4.98 Å². The Kier molecular flexibility index (Phi) is 5.61. The van der Waals surface area contributed by atoms with Crippen LogP contribution < -0.4 is 5.73 Å². The van der Waals surface area contributed by atoms with Crippen LogP contribution in [0.1, 0.15) is 30.9 Å². The molecule has 1 aliphatic heterocycles. The summed E-state index contributed by atoms with van der Waals surface area (Å²) in [7, 11) is 0. The number of ether oxygens (including phenoxy) is 2. The zero-order valence-electron chi connectivity index (χ0n) is 16.0. The summed E-state index contributed by atoms with van der Waals surface area (Å²) in [4.78, 5) is 16.8. The molecule has 0 amide bonds. The summed E-state index contributed by atoms with van der Waals surface area (Å²) in [5, 5.41) is 18.7. The zero-order valence-corrected chi connectivity index (χ0v) is 16.0. The molecule has 1 aromatic heterocycles. The maximum Gasteiger partial charge on any atom is 0.338 e. The van der Waals surface area contributed by atoms with Crippen molar-refractivity contribution in [2.75, 3.05) is 6.61 Å². The van der Waals surface area contributed by atoms with Crippen molar-refractivity contribution in [3.63, 3.8) is 0 Å². The normalized spacial score (nSPS) is 15.9. The molecule has 1 atom stereocenters. The highest BCUT2D eigenvalue weighted by Gasteiger charge is 2.36. The van der Waals surface area contributed by atoms with Crippen molar-refractivity contribution in [3.05, 3.63) is 76.5 Å². The Morgan fingerprint density at radius 2 is 1.97 bits per heavy atom. The Bertz CT molecular complexity index is 1100. The Balaban J connectivity index is 2.05. The molecule has 0 aliphatic carbocycles. The van der Waals surface area contributed by atoms with Crippen LogP contribution in [-0.2, 0) is 14.3 Å². The highest BCUT2D eigenvalue weighted by Crippen LogP contribution is 2.40. The molecule has 0 fully saturated rings. The van der Waals surface area contributed by atoms with Crippen LogP contribution in [0.25, 0.3) is 11.3 Å². The van der Waals surface area contributed by atoms with E-state index < -0.39 is 11.9 Å². The minimum atomic E-state index is -0.694. The number of benzene rings is 1. The molecule has 2 heterocycles. The maximum atomic E-state index is 12.5. The second-order valence-electron chi connectivity index (χ2n) is 6.28. The van der Waals surface area contributed by atoms with Crippen molar-refractivity contribution < 1.29 is 14.3 Å². The lowest BCUT2D eigenvalue weighted by Gasteiger charge is -2.26. The van der Waals surface area contributed by atoms with Crippen LogP contribution in [0.15, 0.2) is 65.4 Å². The third kappa shape index (κ3) is 3.80. The van der Waals surface area contributed by atoms with Gasteiger partial charge in [-0.15, -0.1) is 0 Å². The Morgan fingerprint density at radius 1 is 1.24 bits per heavy atom. The predicted molar refractivity (Wildman–Crippen MR) is 104 cm³/mol. The Morgan fingerprint density at radius 3 is 2.59 bits per heavy atom. The average molecular weight is 386 g/mol. The maximum absolute atomic E-state index is 12.5. The molecule has 2 aromatic rings. The van der Waals surface area contributed by atoms with E-state index in [1.165, 1.54) is 0 Å². The van der Waals surface area contributed by atoms with Crippen LogP contribution >= 0.6 is 0 Å². The molecule has 0 saturated heterocycles. The number of carbonyl (C=O) groups is 1. The lowest BCUT2D eigenvalue weighted by Crippen LogP contribution is -2.25. The van der Waals surface area contributed by atoms with E-state index in [2.05, 4.69) is 17.1 Å². The van der Waals surface area contributed by atoms with Crippen molar-refractivity contribution in [1.82, 2.24) is 4.98 Å². The summed E-state index contributed by atoms with van der Waals surface area (Å²) in [6, 6.07) is 14.7. The van der Waals surface area contributed by atoms with Crippen molar-refractivity contribution in [1.29, 1.82) is 10.5 Å². The molecule has 0 saturated carbocycles. The highest BCUT2D eigenvalue weighted by molar-refractivity contribution is 5.92. The summed E-state index contributed by atoms with van der Waals surface area (Å²) >= 11 is 0. The summed E-state index contributed by atoms with van der Waals surface area (Å²) in [6.45, 7) is 3.52. The van der Waals surface area contributed by atoms with E-state index in [1.54, 1.807) is 44.3 Å². The first kappa shape index (κ1) is 19.7. The molecule has 1 aromatic carbocycles. The van der Waals surface area contributed by atoms with Crippen LogP contribution in [0.2, 0.25) is 0 Å². The van der Waals surface area contributed by atoms with Crippen molar-refractivity contribution in [3.8, 4) is 23.4 Å². The molecule has 7 nitrogen and oxygen atoms in total. The number of hydrogen-bond donors (Lipinski definition) is 1. The van der Waals surface area contributed by atoms with Gasteiger partial charge in [-0.25, -0.2) is 4.79 Å². The van der Waals surface area contributed by atoms with Crippen LogP contribution in [0, 0.1) is 22.7 Å². The van der Waals surface area contributed by atoms with E-state index in [-0.39, 0.29) is 23.6 Å². The van der Waals surface area contributed by atoms with E-state index in [4.69, 9.17) is 20.5 Å². The Hall–Kier alpha value is -4.10. The number of aromatic nitrogens is 1. The quantitative estimate of drug-likeness (QED) is 0.800. The lowest BCUT2D eigenvalue weighted by atomic mass is 9.82. The van der Waals surface area contributed by atoms with Crippen LogP contribution in [0.3, 0.4) is 0 Å². The number of nitriles is 2. The number of allylic oxidation sites excluding steroid dienone is 2. The van der Waals surface area contributed by atoms with Crippen LogP contribution in [0.4, 0.5) is 0 Å². The number of hydrogen-bond acceptors (Lipinski definition) is 7. The highest BCUT2D eigenvalue weighted by atomic mass is 16.5. The van der Waals surface area contributed by atoms with Gasteiger partial charge >= 0.3 is 5.97 Å². The average Bonchev–Trinajstić information content (AvgIpc) is 2.73. The molecule has 3 rings (SSSR count). The third-order valence-electron chi connectivity index (χ3n) is 4.53. The first-order valence-electron chi connectivity index (χ1n) is 8.92. The molecule has 2 N–H and O–H groups in total. The van der Waals surface area contributed by atoms with E-state index in [9.17, 15) is 10.1 Å². The number of rotatable bonds is 4. The standard InChI is InChI=1S/C22H18N4O3/c1-3-28-22(27)19-13(2)29-21(25)17(12-24)20(19)16-6-4-15(5-7-16)18-10-14(11-23)8-9-26-18/h4-10,20H,3,25H2,1-2H3. The smallest absolute Gasteiger partial charge is 0.338 e. The topological polar surface area (TPSA) is 122 Å². The summed E-state index contributed by atoms with van der Waals surface area (Å²) in [5.41, 5.74) is 8.94. The fourth-order valence-electron chi connectivity index (χ4n) is 3.19. The van der Waals surface area contributed by atoms with E-state index >= 15 is 0 Å². The predicted octanol–water partition coefficient (Wildman–Crippen LogP) is 3.27. The molecule has 1 aliphatic rings. The van der Waals surface area contributed by atoms with E-state index in [0.717, 1.165) is 5.56 Å². The van der Waals surface area contributed by atoms with Gasteiger partial charge in [0.2, 0.25) is 5.88 Å². The molecular formula is C22H18N4O3. The van der Waals surface area contributed by atoms with E-state index in [0.29, 0.717) is 22.6 Å². The van der Waals surface area contributed by atoms with Gasteiger partial charge in [0, 0.05) is 11.8 Å². The lowest BCUT2D eigenvalue weighted by molar-refractivity contribution is -0.139. The summed E-state index contributed by atoms with van der Waals surface area (Å²) in [6.07, 6.45) is 1.57. The summed E-state index contributed by atoms with van der Waals surface area (Å²) < 4.78 is 10.6. The van der Waals surface area contributed by atoms with Gasteiger partial charge in [0.05, 0.1) is 35.4 Å². The zero-order chi connectivity index (χ0) is 21.0. The number of nitrogens with two attached hydrogens (primary N) is 1. The molecule has 144 valence electrons. The third-order valence-corrected chi connectivity index (χ3v) is 4.53. The van der Waals surface area contributed by atoms with Gasteiger partial charge in [-0.1, -0.05) is 24.3 Å². The second-order valence-corrected chi connectivity index (χ2v) is 6.28. The largest absolute Gasteiger partial charge is 0.463 e. The van der Waals surface area contributed by atoms with Gasteiger partial charge in [-0.05, 0) is 31.5 Å². The van der Waals surface area contributed by atoms with Gasteiger partial charge in [0.15, 0.2) is 0 Å². The Labute approximate surface area is 168 Å². The number of esters is 1. The second kappa shape index (κ2) is 8.28. The van der Waals surface area contributed by atoms with Gasteiger partial charge in [0.25, 0.3) is 0 Å². The van der Waals surface area contributed by atoms with Crippen molar-refractivity contribution in [2.45, 2.75) is 19.8 Å². The molecule has 0 bridgehead atoms. The van der Waals surface area contributed by atoms with Gasteiger partial charge < -0.3 is 15.2 Å². The molecule has 0 spiro atoms. The molecule has 1 unspecified atom stereocenters. The van der Waals surface area contributed by atoms with Gasteiger partial charge in [-0.2, -0.15) is 10.5 Å². The molecular weight excluding hydrogens is 368 g/mol. The first-order chi connectivity index (χ1) is 14.0. The molecule has 29 heavy (non-hydrogen) atoms. The monoisotopic (exact) mass is 386 g/mol. The fraction of sp³-hybridized carbons (Fsp3) is 0.182. The fourth-order valence-corrected chi connectivity index (χ4v) is 3.19. The number of carbonyl (C=O) groups excluding carboxylic acids is 1. The number of pyridine rings is 1. The van der Waals surface area contributed by atoms with E-state index in [1.807, 2.05) is 12.1 Å². The van der Waals surface area contributed by atoms with Crippen LogP contribution in [0.5, 0.6) is 0 Å². The minimum absolute atomic E-state index is 0.0319. The van der Waals surface area contributed by atoms with Gasteiger partial charge in [0.1, 0.15) is 17.4 Å². The first-order valence-corrected chi connectivity index (χ1v) is 8.92. The summed E-state index contributed by atoms with van der Waals surface area (Å²) in [5.74, 6) is -0.976. The van der Waals surface area contributed by atoms with Crippen molar-refractivity contribution in [2.24, 2.45) is 5.73 Å². The minimum Gasteiger partial charge on any atom is -0.463 e. The van der Waals surface area contributed by atoms with Crippen molar-refractivity contribution >= 4 is 5.97 Å². The van der Waals surface area contributed by atoms with Crippen LogP contribution in [-0.4, -0.2) is 17.6 Å². The number of nitrogens with zero attached hydrogens (tertiary/aromatic N) is 3. The molecule has 0 radical (unpaired) electrons. The SMILES string of the molecule is CCOC(=O)C1=C(C)OC(N)=C(C#N)C1c1ccc(-c2cc(C#N)ccn2)cc1.